The molecule has 0 bridgehead atoms. The molecular weight excluding hydrogens is 666 g/mol. The van der Waals surface area contributed by atoms with Crippen molar-refractivity contribution in [3.05, 3.63) is 89.5 Å². The first-order chi connectivity index (χ1) is 15.9. The van der Waals surface area contributed by atoms with Crippen LogP contribution in [0.4, 0.5) is 5.69 Å². The molecular formula is C25H19ClI2N2O3. The maximum atomic E-state index is 12.6. The van der Waals surface area contributed by atoms with Crippen LogP contribution in [0.1, 0.15) is 18.1 Å². The fraction of sp³-hybridized carbons (Fsp3) is 0.120. The minimum absolute atomic E-state index is 0.0549. The van der Waals surface area contributed by atoms with Crippen LogP contribution in [-0.2, 0) is 11.4 Å². The predicted molar refractivity (Wildman–Crippen MR) is 147 cm³/mol. The summed E-state index contributed by atoms with van der Waals surface area (Å²) in [5.74, 6) is 0.620. The number of carbonyl (C=O) groups is 1. The molecule has 0 atom stereocenters. The third-order valence-electron chi connectivity index (χ3n) is 4.43. The molecule has 0 aliphatic heterocycles. The molecule has 8 heteroatoms. The predicted octanol–water partition coefficient (Wildman–Crippen LogP) is 7.07. The Kier molecular flexibility index (Phi) is 9.41. The van der Waals surface area contributed by atoms with Crippen LogP contribution in [0.15, 0.2) is 66.2 Å². The van der Waals surface area contributed by atoms with E-state index in [0.29, 0.717) is 41.0 Å². The van der Waals surface area contributed by atoms with Crippen LogP contribution in [-0.4, -0.2) is 12.5 Å². The summed E-state index contributed by atoms with van der Waals surface area (Å²) in [7, 11) is 0. The highest BCUT2D eigenvalue weighted by atomic mass is 127. The highest BCUT2D eigenvalue weighted by Crippen LogP contribution is 2.35. The van der Waals surface area contributed by atoms with Crippen LogP contribution in [0.2, 0.25) is 5.02 Å². The summed E-state index contributed by atoms with van der Waals surface area (Å²) in [5, 5.41) is 12.6. The van der Waals surface area contributed by atoms with Crippen molar-refractivity contribution >= 4 is 74.5 Å². The van der Waals surface area contributed by atoms with Crippen molar-refractivity contribution in [2.24, 2.45) is 0 Å². The molecule has 0 radical (unpaired) electrons. The van der Waals surface area contributed by atoms with Gasteiger partial charge in [0.25, 0.3) is 5.91 Å². The van der Waals surface area contributed by atoms with Crippen LogP contribution in [0.3, 0.4) is 0 Å². The van der Waals surface area contributed by atoms with Gasteiger partial charge in [-0.3, -0.25) is 4.79 Å². The average Bonchev–Trinajstić information content (AvgIpc) is 2.79. The van der Waals surface area contributed by atoms with E-state index in [9.17, 15) is 10.1 Å². The number of hydrogen-bond acceptors (Lipinski definition) is 4. The van der Waals surface area contributed by atoms with Crippen molar-refractivity contribution in [1.82, 2.24) is 0 Å². The first kappa shape index (κ1) is 25.3. The number of nitriles is 1. The number of nitrogens with one attached hydrogen (secondary N) is 1. The average molecular weight is 685 g/mol. The number of nitrogens with zero attached hydrogens (tertiary/aromatic N) is 1. The lowest BCUT2D eigenvalue weighted by Gasteiger charge is -2.15. The van der Waals surface area contributed by atoms with Gasteiger partial charge in [-0.15, -0.1) is 0 Å². The van der Waals surface area contributed by atoms with Gasteiger partial charge in [0.05, 0.1) is 20.9 Å². The molecule has 1 N–H and O–H groups in total. The molecule has 1 amide bonds. The smallest absolute Gasteiger partial charge is 0.266 e. The number of para-hydroxylation sites is 1. The number of anilines is 1. The van der Waals surface area contributed by atoms with Crippen molar-refractivity contribution < 1.29 is 14.3 Å². The van der Waals surface area contributed by atoms with Gasteiger partial charge < -0.3 is 14.8 Å². The van der Waals surface area contributed by atoms with Gasteiger partial charge in [-0.25, -0.2) is 0 Å². The molecule has 0 fully saturated rings. The fourth-order valence-electron chi connectivity index (χ4n) is 2.88. The van der Waals surface area contributed by atoms with Crippen LogP contribution >= 0.6 is 56.8 Å². The Balaban J connectivity index is 1.85. The standard InChI is InChI=1S/C25H19ClI2N2O3/c1-2-32-23-13-17(11-18(14-29)25(31)30-22-6-4-3-5-20(22)26)12-21(28)24(23)33-15-16-7-9-19(27)10-8-16/h3-13H,2,15H2,1H3,(H,30,31)/b18-11+. The summed E-state index contributed by atoms with van der Waals surface area (Å²) in [6, 6.07) is 20.5. The lowest BCUT2D eigenvalue weighted by atomic mass is 10.1. The Morgan fingerprint density at radius 1 is 1.12 bits per heavy atom. The molecule has 168 valence electrons. The van der Waals surface area contributed by atoms with Crippen molar-refractivity contribution in [3.8, 4) is 17.6 Å². The maximum Gasteiger partial charge on any atom is 0.266 e. The minimum Gasteiger partial charge on any atom is -0.490 e. The van der Waals surface area contributed by atoms with Crippen molar-refractivity contribution in [3.63, 3.8) is 0 Å². The van der Waals surface area contributed by atoms with Gasteiger partial charge >= 0.3 is 0 Å². The number of ether oxygens (including phenoxy) is 2. The first-order valence-corrected chi connectivity index (χ1v) is 12.5. The number of carbonyl (C=O) groups excluding carboxylic acids is 1. The Bertz CT molecular complexity index is 1220. The monoisotopic (exact) mass is 684 g/mol. The quantitative estimate of drug-likeness (QED) is 0.157. The molecule has 0 saturated heterocycles. The van der Waals surface area contributed by atoms with Crippen molar-refractivity contribution in [1.29, 1.82) is 5.26 Å². The van der Waals surface area contributed by atoms with Crippen molar-refractivity contribution in [2.75, 3.05) is 11.9 Å². The SMILES string of the molecule is CCOc1cc(/C=C(\C#N)C(=O)Nc2ccccc2Cl)cc(I)c1OCc1ccc(I)cc1. The Morgan fingerprint density at radius 3 is 2.52 bits per heavy atom. The zero-order chi connectivity index (χ0) is 23.8. The van der Waals surface area contributed by atoms with Gasteiger partial charge in [-0.05, 0) is 106 Å². The fourth-order valence-corrected chi connectivity index (χ4v) is 4.20. The summed E-state index contributed by atoms with van der Waals surface area (Å²) < 4.78 is 13.8. The third-order valence-corrected chi connectivity index (χ3v) is 6.28. The molecule has 0 aliphatic rings. The Hall–Kier alpha value is -2.29. The van der Waals surface area contributed by atoms with Gasteiger partial charge in [-0.1, -0.05) is 35.9 Å². The first-order valence-electron chi connectivity index (χ1n) is 9.92. The Labute approximate surface area is 225 Å². The molecule has 5 nitrogen and oxygen atoms in total. The van der Waals surface area contributed by atoms with Gasteiger partial charge in [0, 0.05) is 3.57 Å². The Morgan fingerprint density at radius 2 is 1.85 bits per heavy atom. The molecule has 0 unspecified atom stereocenters. The highest BCUT2D eigenvalue weighted by molar-refractivity contribution is 14.1. The van der Waals surface area contributed by atoms with Gasteiger partial charge in [0.2, 0.25) is 0 Å². The molecule has 3 aromatic carbocycles. The zero-order valence-electron chi connectivity index (χ0n) is 17.6. The van der Waals surface area contributed by atoms with Gasteiger partial charge in [-0.2, -0.15) is 5.26 Å². The highest BCUT2D eigenvalue weighted by Gasteiger charge is 2.15. The minimum atomic E-state index is -0.544. The number of halogens is 3. The second-order valence-corrected chi connectivity index (χ2v) is 9.60. The van der Waals surface area contributed by atoms with Gasteiger partial charge in [0.1, 0.15) is 18.2 Å². The molecule has 0 heterocycles. The topological polar surface area (TPSA) is 71.3 Å². The third kappa shape index (κ3) is 7.09. The molecule has 0 saturated carbocycles. The molecule has 0 aromatic heterocycles. The van der Waals surface area contributed by atoms with E-state index in [1.807, 2.05) is 43.3 Å². The molecule has 0 aliphatic carbocycles. The van der Waals surface area contributed by atoms with E-state index < -0.39 is 5.91 Å². The van der Waals surface area contributed by atoms with Crippen LogP contribution in [0, 0.1) is 18.5 Å². The largest absolute Gasteiger partial charge is 0.490 e. The van der Waals surface area contributed by atoms with E-state index in [1.54, 1.807) is 30.3 Å². The van der Waals surface area contributed by atoms with Crippen LogP contribution in [0.25, 0.3) is 6.08 Å². The second-order valence-electron chi connectivity index (χ2n) is 6.78. The molecule has 0 spiro atoms. The summed E-state index contributed by atoms with van der Waals surface area (Å²) in [5.41, 5.74) is 2.07. The normalized spacial score (nSPS) is 10.9. The second kappa shape index (κ2) is 12.3. The van der Waals surface area contributed by atoms with E-state index in [4.69, 9.17) is 21.1 Å². The lowest BCUT2D eigenvalue weighted by Crippen LogP contribution is -2.13. The van der Waals surface area contributed by atoms with Crippen molar-refractivity contribution in [2.45, 2.75) is 13.5 Å². The molecule has 3 rings (SSSR count). The van der Waals surface area contributed by atoms with E-state index in [0.717, 1.165) is 12.7 Å². The molecule has 3 aromatic rings. The van der Waals surface area contributed by atoms with E-state index in [-0.39, 0.29) is 5.57 Å². The lowest BCUT2D eigenvalue weighted by molar-refractivity contribution is -0.112. The summed E-state index contributed by atoms with van der Waals surface area (Å²) in [4.78, 5) is 12.6. The van der Waals surface area contributed by atoms with E-state index in [1.165, 1.54) is 6.08 Å². The maximum absolute atomic E-state index is 12.6. The number of amides is 1. The van der Waals surface area contributed by atoms with E-state index in [2.05, 4.69) is 50.5 Å². The van der Waals surface area contributed by atoms with Gasteiger partial charge in [0.15, 0.2) is 11.5 Å². The summed E-state index contributed by atoms with van der Waals surface area (Å²) >= 11 is 10.5. The number of benzene rings is 3. The van der Waals surface area contributed by atoms with Crippen LogP contribution in [0.5, 0.6) is 11.5 Å². The van der Waals surface area contributed by atoms with E-state index >= 15 is 0 Å². The number of hydrogen-bond donors (Lipinski definition) is 1. The van der Waals surface area contributed by atoms with Crippen LogP contribution < -0.4 is 14.8 Å². The summed E-state index contributed by atoms with van der Waals surface area (Å²) in [6.45, 7) is 2.73. The molecule has 33 heavy (non-hydrogen) atoms. The number of rotatable bonds is 8. The summed E-state index contributed by atoms with van der Waals surface area (Å²) in [6.07, 6.45) is 1.51. The zero-order valence-corrected chi connectivity index (χ0v) is 22.6.